The van der Waals surface area contributed by atoms with Crippen LogP contribution < -0.4 is 15.5 Å². The van der Waals surface area contributed by atoms with Gasteiger partial charge < -0.3 is 29.9 Å². The van der Waals surface area contributed by atoms with Crippen LogP contribution in [0.1, 0.15) is 31.7 Å². The molecule has 0 bridgehead atoms. The first kappa shape index (κ1) is 26.0. The van der Waals surface area contributed by atoms with Gasteiger partial charge >= 0.3 is 12.0 Å². The summed E-state index contributed by atoms with van der Waals surface area (Å²) >= 11 is 0. The molecule has 2 N–H and O–H groups in total. The van der Waals surface area contributed by atoms with Crippen LogP contribution in [0, 0.1) is 0 Å². The molecule has 40 heavy (non-hydrogen) atoms. The normalized spacial score (nSPS) is 20.0. The minimum atomic E-state index is -0.654. The molecule has 0 spiro atoms. The summed E-state index contributed by atoms with van der Waals surface area (Å²) in [5.41, 5.74) is 2.22. The number of hydrogen-bond acceptors (Lipinski definition) is 9. The fraction of sp³-hybridized carbons (Fsp3) is 0.481. The number of hydrogen-bond donors (Lipinski definition) is 2. The molecule has 6 rings (SSSR count). The number of ether oxygens (including phenoxy) is 2. The quantitative estimate of drug-likeness (QED) is 0.457. The molecule has 1 aromatic carbocycles. The van der Waals surface area contributed by atoms with Crippen molar-refractivity contribution in [2.75, 3.05) is 56.7 Å². The number of carbonyl (C=O) groups excluding carboxylic acids is 3. The van der Waals surface area contributed by atoms with Crippen molar-refractivity contribution in [2.45, 2.75) is 37.8 Å². The number of carbonyl (C=O) groups is 3. The molecular formula is C27H32N8O5. The Morgan fingerprint density at radius 3 is 2.42 bits per heavy atom. The van der Waals surface area contributed by atoms with E-state index in [4.69, 9.17) is 24.5 Å². The number of piperidine rings is 1. The van der Waals surface area contributed by atoms with Crippen molar-refractivity contribution in [1.29, 1.82) is 0 Å². The molecule has 13 heteroatoms. The highest BCUT2D eigenvalue weighted by Crippen LogP contribution is 2.33. The number of urea groups is 1. The van der Waals surface area contributed by atoms with E-state index in [1.165, 1.54) is 0 Å². The van der Waals surface area contributed by atoms with Crippen LogP contribution >= 0.6 is 0 Å². The van der Waals surface area contributed by atoms with E-state index >= 15 is 0 Å². The van der Waals surface area contributed by atoms with Crippen LogP contribution in [0.25, 0.3) is 22.4 Å². The molecule has 5 heterocycles. The van der Waals surface area contributed by atoms with Gasteiger partial charge in [-0.2, -0.15) is 5.10 Å². The molecule has 3 aromatic rings. The SMILES string of the molecule is CNC(=O)Nc1ccc(-c2nc(N3CCOCC3)c3cnn(C4CCN(C(=O)[C@H]5CCC(=O)O5)CC4)c3n2)cc1. The number of anilines is 2. The highest BCUT2D eigenvalue weighted by Gasteiger charge is 2.35. The van der Waals surface area contributed by atoms with Crippen LogP contribution in [0.3, 0.4) is 0 Å². The monoisotopic (exact) mass is 548 g/mol. The number of benzene rings is 1. The van der Waals surface area contributed by atoms with Gasteiger partial charge in [0.25, 0.3) is 5.91 Å². The second-order valence-corrected chi connectivity index (χ2v) is 10.2. The molecule has 2 aromatic heterocycles. The average Bonchev–Trinajstić information content (AvgIpc) is 3.63. The predicted molar refractivity (Wildman–Crippen MR) is 146 cm³/mol. The van der Waals surface area contributed by atoms with Gasteiger partial charge in [0, 0.05) is 57.3 Å². The highest BCUT2D eigenvalue weighted by molar-refractivity contribution is 5.90. The maximum absolute atomic E-state index is 12.8. The van der Waals surface area contributed by atoms with E-state index in [2.05, 4.69) is 15.5 Å². The number of fused-ring (bicyclic) bond motifs is 1. The molecular weight excluding hydrogens is 516 g/mol. The van der Waals surface area contributed by atoms with Gasteiger partial charge in [0.2, 0.25) is 0 Å². The van der Waals surface area contributed by atoms with E-state index in [9.17, 15) is 14.4 Å². The zero-order chi connectivity index (χ0) is 27.6. The number of rotatable bonds is 5. The molecule has 1 atom stereocenters. The zero-order valence-corrected chi connectivity index (χ0v) is 22.3. The number of aromatic nitrogens is 4. The lowest BCUT2D eigenvalue weighted by Gasteiger charge is -2.33. The molecule has 3 aliphatic rings. The molecule has 13 nitrogen and oxygen atoms in total. The van der Waals surface area contributed by atoms with E-state index in [0.717, 1.165) is 48.3 Å². The number of nitrogens with zero attached hydrogens (tertiary/aromatic N) is 6. The molecule has 0 saturated carbocycles. The molecule has 0 radical (unpaired) electrons. The Balaban J connectivity index is 1.28. The summed E-state index contributed by atoms with van der Waals surface area (Å²) in [7, 11) is 1.57. The van der Waals surface area contributed by atoms with Crippen molar-refractivity contribution in [3.05, 3.63) is 30.5 Å². The Morgan fingerprint density at radius 2 is 1.75 bits per heavy atom. The molecule has 0 aliphatic carbocycles. The number of nitrogens with one attached hydrogen (secondary N) is 2. The van der Waals surface area contributed by atoms with Gasteiger partial charge in [0.1, 0.15) is 5.82 Å². The lowest BCUT2D eigenvalue weighted by molar-refractivity contribution is -0.153. The first-order chi connectivity index (χ1) is 19.5. The first-order valence-electron chi connectivity index (χ1n) is 13.7. The van der Waals surface area contributed by atoms with E-state index in [1.54, 1.807) is 11.9 Å². The number of likely N-dealkylation sites (tertiary alicyclic amines) is 1. The van der Waals surface area contributed by atoms with Gasteiger partial charge in [-0.1, -0.05) is 0 Å². The summed E-state index contributed by atoms with van der Waals surface area (Å²) in [6.45, 7) is 3.81. The van der Waals surface area contributed by atoms with Gasteiger partial charge in [-0.25, -0.2) is 19.4 Å². The van der Waals surface area contributed by atoms with Gasteiger partial charge in [0.05, 0.1) is 30.8 Å². The van der Waals surface area contributed by atoms with Crippen LogP contribution in [0.4, 0.5) is 16.3 Å². The fourth-order valence-electron chi connectivity index (χ4n) is 5.45. The van der Waals surface area contributed by atoms with Crippen molar-refractivity contribution in [2.24, 2.45) is 0 Å². The van der Waals surface area contributed by atoms with Crippen LogP contribution in [0.2, 0.25) is 0 Å². The van der Waals surface area contributed by atoms with E-state index in [-0.39, 0.29) is 23.9 Å². The number of cyclic esters (lactones) is 1. The Kier molecular flexibility index (Phi) is 7.20. The van der Waals surface area contributed by atoms with Gasteiger partial charge in [0.15, 0.2) is 17.6 Å². The maximum Gasteiger partial charge on any atom is 0.318 e. The van der Waals surface area contributed by atoms with E-state index < -0.39 is 6.10 Å². The summed E-state index contributed by atoms with van der Waals surface area (Å²) in [6.07, 6.45) is 3.36. The fourth-order valence-corrected chi connectivity index (χ4v) is 5.45. The molecule has 3 aliphatic heterocycles. The lowest BCUT2D eigenvalue weighted by Crippen LogP contribution is -2.44. The van der Waals surface area contributed by atoms with E-state index in [0.29, 0.717) is 50.7 Å². The van der Waals surface area contributed by atoms with Gasteiger partial charge in [-0.15, -0.1) is 0 Å². The minimum Gasteiger partial charge on any atom is -0.452 e. The van der Waals surface area contributed by atoms with Crippen molar-refractivity contribution in [3.63, 3.8) is 0 Å². The van der Waals surface area contributed by atoms with Crippen LogP contribution in [-0.2, 0) is 19.1 Å². The van der Waals surface area contributed by atoms with Crippen molar-refractivity contribution in [3.8, 4) is 11.4 Å². The minimum absolute atomic E-state index is 0.0621. The lowest BCUT2D eigenvalue weighted by atomic mass is 10.0. The third kappa shape index (κ3) is 5.16. The third-order valence-electron chi connectivity index (χ3n) is 7.65. The Bertz CT molecular complexity index is 1410. The Morgan fingerprint density at radius 1 is 1.00 bits per heavy atom. The standard InChI is InChI=1S/C27H32N8O5/c1-28-27(38)30-18-4-2-17(3-5-18)23-31-24(33-12-14-39-15-13-33)20-16-29-35(25(20)32-23)19-8-10-34(11-9-19)26(37)21-6-7-22(36)40-21/h2-5,16,19,21H,6-15H2,1H3,(H2,28,30,38)/t21-/m1/s1. The van der Waals surface area contributed by atoms with Crippen molar-refractivity contribution in [1.82, 2.24) is 30.0 Å². The zero-order valence-electron chi connectivity index (χ0n) is 22.3. The number of morpholine rings is 1. The summed E-state index contributed by atoms with van der Waals surface area (Å²) in [4.78, 5) is 49.9. The van der Waals surface area contributed by atoms with Gasteiger partial charge in [-0.05, 0) is 37.1 Å². The molecule has 3 amide bonds. The molecule has 3 fully saturated rings. The summed E-state index contributed by atoms with van der Waals surface area (Å²) < 4.78 is 12.7. The van der Waals surface area contributed by atoms with Crippen LogP contribution in [-0.4, -0.2) is 95.1 Å². The average molecular weight is 549 g/mol. The second kappa shape index (κ2) is 11.1. The van der Waals surface area contributed by atoms with Gasteiger partial charge in [-0.3, -0.25) is 9.59 Å². The highest BCUT2D eigenvalue weighted by atomic mass is 16.6. The number of amides is 3. The van der Waals surface area contributed by atoms with Crippen LogP contribution in [0.5, 0.6) is 0 Å². The third-order valence-corrected chi connectivity index (χ3v) is 7.65. The summed E-state index contributed by atoms with van der Waals surface area (Å²) in [6, 6.07) is 7.18. The maximum atomic E-state index is 12.8. The van der Waals surface area contributed by atoms with Crippen LogP contribution in [0.15, 0.2) is 30.5 Å². The molecule has 3 saturated heterocycles. The van der Waals surface area contributed by atoms with E-state index in [1.807, 2.05) is 35.1 Å². The molecule has 0 unspecified atom stereocenters. The summed E-state index contributed by atoms with van der Waals surface area (Å²) in [5.74, 6) is 0.971. The topological polar surface area (TPSA) is 144 Å². The smallest absolute Gasteiger partial charge is 0.318 e. The Labute approximate surface area is 230 Å². The predicted octanol–water partition coefficient (Wildman–Crippen LogP) is 1.95. The second-order valence-electron chi connectivity index (χ2n) is 10.2. The number of esters is 1. The van der Waals surface area contributed by atoms with Crippen molar-refractivity contribution >= 4 is 40.4 Å². The summed E-state index contributed by atoms with van der Waals surface area (Å²) in [5, 5.41) is 10.9. The van der Waals surface area contributed by atoms with Crippen molar-refractivity contribution < 1.29 is 23.9 Å². The molecule has 210 valence electrons. The largest absolute Gasteiger partial charge is 0.452 e. The Hall–Kier alpha value is -4.26. The first-order valence-corrected chi connectivity index (χ1v) is 13.7.